The largest absolute Gasteiger partial charge is 0.315 e. The van der Waals surface area contributed by atoms with Crippen LogP contribution in [-0.4, -0.2) is 24.7 Å². The van der Waals surface area contributed by atoms with Crippen molar-refractivity contribution in [2.24, 2.45) is 0 Å². The number of benzene rings is 2. The van der Waals surface area contributed by atoms with Crippen molar-refractivity contribution in [3.8, 4) is 0 Å². The van der Waals surface area contributed by atoms with E-state index in [0.717, 1.165) is 20.1 Å². The molecule has 0 fully saturated rings. The first-order valence-electron chi connectivity index (χ1n) is 9.49. The molecule has 2 heterocycles. The van der Waals surface area contributed by atoms with Gasteiger partial charge >= 0.3 is 0 Å². The Morgan fingerprint density at radius 1 is 0.818 bits per heavy atom. The Hall–Kier alpha value is -1.62. The Bertz CT molecular complexity index is 1320. The van der Waals surface area contributed by atoms with Crippen LogP contribution in [0.25, 0.3) is 0 Å². The average molecular weight is 650 g/mol. The monoisotopic (exact) mass is 646 g/mol. The third kappa shape index (κ3) is 6.29. The van der Waals surface area contributed by atoms with Gasteiger partial charge in [-0.1, -0.05) is 59.1 Å². The Labute approximate surface area is 227 Å². The molecule has 0 saturated heterocycles. The number of nitrogens with zero attached hydrogens (tertiary/aromatic N) is 4. The smallest absolute Gasteiger partial charge is 0.177 e. The molecular formula is C21H15Br2Cl3N6S. The Morgan fingerprint density at radius 2 is 1.42 bits per heavy atom. The molecule has 2 aromatic carbocycles. The quantitative estimate of drug-likeness (QED) is 0.212. The van der Waals surface area contributed by atoms with Crippen LogP contribution in [0.15, 0.2) is 63.8 Å². The van der Waals surface area contributed by atoms with E-state index in [1.807, 2.05) is 48.8 Å². The second-order valence-electron chi connectivity index (χ2n) is 6.97. The number of halogens is 5. The third-order valence-electron chi connectivity index (χ3n) is 4.52. The highest BCUT2D eigenvalue weighted by Crippen LogP contribution is 2.26. The molecule has 0 radical (unpaired) electrons. The van der Waals surface area contributed by atoms with Gasteiger partial charge in [-0.3, -0.25) is 9.36 Å². The predicted molar refractivity (Wildman–Crippen MR) is 146 cm³/mol. The van der Waals surface area contributed by atoms with Crippen LogP contribution in [0.2, 0.25) is 15.1 Å². The summed E-state index contributed by atoms with van der Waals surface area (Å²) >= 11 is 30.8. The highest BCUT2D eigenvalue weighted by molar-refractivity contribution is 9.11. The SMILES string of the molecule is S=C(Nc1nn(Cc2ccc(Cl)c(Cl)c2)cc1Br)Nc1nn(Cc2ccccc2Cl)cc1Br. The van der Waals surface area contributed by atoms with Gasteiger partial charge in [0.25, 0.3) is 0 Å². The van der Waals surface area contributed by atoms with Crippen LogP contribution in [0.4, 0.5) is 11.6 Å². The second-order valence-corrected chi connectivity index (χ2v) is 10.3. The number of thiocarbonyl (C=S) groups is 1. The summed E-state index contributed by atoms with van der Waals surface area (Å²) in [7, 11) is 0. The highest BCUT2D eigenvalue weighted by atomic mass is 79.9. The summed E-state index contributed by atoms with van der Waals surface area (Å²) in [5, 5.41) is 17.3. The number of nitrogens with one attached hydrogen (secondary N) is 2. The molecule has 0 bridgehead atoms. The van der Waals surface area contributed by atoms with Gasteiger partial charge in [-0.05, 0) is 73.4 Å². The molecule has 2 aromatic heterocycles. The Kier molecular flexibility index (Phi) is 7.99. The van der Waals surface area contributed by atoms with Gasteiger partial charge in [-0.25, -0.2) is 0 Å². The van der Waals surface area contributed by atoms with Crippen LogP contribution in [0.5, 0.6) is 0 Å². The summed E-state index contributed by atoms with van der Waals surface area (Å²) in [6.07, 6.45) is 3.71. The lowest BCUT2D eigenvalue weighted by atomic mass is 10.2. The van der Waals surface area contributed by atoms with Gasteiger partial charge in [0.2, 0.25) is 0 Å². The standard InChI is InChI=1S/C21H15Br2Cl3N6S/c22-14-10-31(8-12-5-6-17(25)18(26)7-12)29-19(14)27-21(33)28-20-15(23)11-32(30-20)9-13-3-1-2-4-16(13)24/h1-7,10-11H,8-9H2,(H2,27,28,29,30,33). The molecule has 0 unspecified atom stereocenters. The van der Waals surface area contributed by atoms with E-state index in [-0.39, 0.29) is 0 Å². The molecule has 4 aromatic rings. The van der Waals surface area contributed by atoms with Gasteiger partial charge in [0, 0.05) is 17.4 Å². The molecule has 0 saturated carbocycles. The Balaban J connectivity index is 1.40. The summed E-state index contributed by atoms with van der Waals surface area (Å²) in [5.74, 6) is 1.14. The minimum Gasteiger partial charge on any atom is -0.315 e. The fraction of sp³-hybridized carbons (Fsp3) is 0.0952. The molecule has 0 amide bonds. The van der Waals surface area contributed by atoms with Gasteiger partial charge in [-0.2, -0.15) is 10.2 Å². The van der Waals surface area contributed by atoms with Crippen molar-refractivity contribution in [1.82, 2.24) is 19.6 Å². The van der Waals surface area contributed by atoms with Crippen molar-refractivity contribution in [3.05, 3.63) is 90.0 Å². The number of anilines is 2. The maximum Gasteiger partial charge on any atom is 0.177 e. The van der Waals surface area contributed by atoms with E-state index in [1.54, 1.807) is 15.4 Å². The third-order valence-corrected chi connectivity index (χ3v) is 6.99. The van der Waals surface area contributed by atoms with E-state index in [9.17, 15) is 0 Å². The van der Waals surface area contributed by atoms with Crippen LogP contribution in [-0.2, 0) is 13.1 Å². The summed E-state index contributed by atoms with van der Waals surface area (Å²) < 4.78 is 5.07. The first-order chi connectivity index (χ1) is 15.8. The lowest BCUT2D eigenvalue weighted by Crippen LogP contribution is -2.20. The molecule has 33 heavy (non-hydrogen) atoms. The maximum absolute atomic E-state index is 6.25. The van der Waals surface area contributed by atoms with Gasteiger partial charge in [0.1, 0.15) is 0 Å². The van der Waals surface area contributed by atoms with Gasteiger partial charge in [-0.15, -0.1) is 0 Å². The van der Waals surface area contributed by atoms with Crippen LogP contribution in [0.3, 0.4) is 0 Å². The minimum absolute atomic E-state index is 0.346. The summed E-state index contributed by atoms with van der Waals surface area (Å²) in [6, 6.07) is 13.1. The molecule has 0 aliphatic carbocycles. The first kappa shape index (κ1) is 24.5. The van der Waals surface area contributed by atoms with Crippen molar-refractivity contribution < 1.29 is 0 Å². The van der Waals surface area contributed by atoms with E-state index in [4.69, 9.17) is 47.0 Å². The molecule has 0 spiro atoms. The zero-order valence-corrected chi connectivity index (χ0v) is 23.0. The Morgan fingerprint density at radius 3 is 2.03 bits per heavy atom. The van der Waals surface area contributed by atoms with Crippen LogP contribution in [0, 0.1) is 0 Å². The molecule has 0 atom stereocenters. The van der Waals surface area contributed by atoms with Crippen molar-refractivity contribution in [1.29, 1.82) is 0 Å². The number of hydrogen-bond acceptors (Lipinski definition) is 3. The van der Waals surface area contributed by atoms with Gasteiger partial charge < -0.3 is 10.6 Å². The summed E-state index contributed by atoms with van der Waals surface area (Å²) in [6.45, 7) is 1.06. The van der Waals surface area contributed by atoms with E-state index in [0.29, 0.717) is 44.9 Å². The van der Waals surface area contributed by atoms with Gasteiger partial charge in [0.05, 0.1) is 32.1 Å². The summed E-state index contributed by atoms with van der Waals surface area (Å²) in [4.78, 5) is 0. The molecule has 2 N–H and O–H groups in total. The van der Waals surface area contributed by atoms with Crippen molar-refractivity contribution >= 4 is 95.6 Å². The van der Waals surface area contributed by atoms with Crippen molar-refractivity contribution in [2.75, 3.05) is 10.6 Å². The number of rotatable bonds is 6. The minimum atomic E-state index is 0.346. The van der Waals surface area contributed by atoms with Crippen molar-refractivity contribution in [3.63, 3.8) is 0 Å². The van der Waals surface area contributed by atoms with Crippen LogP contribution >= 0.6 is 78.9 Å². The lowest BCUT2D eigenvalue weighted by molar-refractivity contribution is 0.689. The van der Waals surface area contributed by atoms with E-state index < -0.39 is 0 Å². The average Bonchev–Trinajstić information content (AvgIpc) is 3.27. The van der Waals surface area contributed by atoms with Crippen molar-refractivity contribution in [2.45, 2.75) is 13.1 Å². The van der Waals surface area contributed by atoms with Gasteiger partial charge in [0.15, 0.2) is 16.7 Å². The maximum atomic E-state index is 6.25. The number of aromatic nitrogens is 4. The highest BCUT2D eigenvalue weighted by Gasteiger charge is 2.13. The second kappa shape index (κ2) is 10.8. The van der Waals surface area contributed by atoms with Crippen LogP contribution in [0.1, 0.15) is 11.1 Å². The molecule has 170 valence electrons. The fourth-order valence-electron chi connectivity index (χ4n) is 3.00. The first-order valence-corrected chi connectivity index (χ1v) is 12.6. The molecule has 0 aliphatic heterocycles. The van der Waals surface area contributed by atoms with E-state index in [1.165, 1.54) is 0 Å². The summed E-state index contributed by atoms with van der Waals surface area (Å²) in [5.41, 5.74) is 1.94. The normalized spacial score (nSPS) is 10.9. The molecule has 4 rings (SSSR count). The molecule has 0 aliphatic rings. The molecule has 12 heteroatoms. The van der Waals surface area contributed by atoms with Crippen LogP contribution < -0.4 is 10.6 Å². The topological polar surface area (TPSA) is 59.7 Å². The molecular weight excluding hydrogens is 635 g/mol. The zero-order chi connectivity index (χ0) is 23.5. The number of hydrogen-bond donors (Lipinski definition) is 2. The molecule has 6 nitrogen and oxygen atoms in total. The lowest BCUT2D eigenvalue weighted by Gasteiger charge is -2.08. The zero-order valence-electron chi connectivity index (χ0n) is 16.7. The van der Waals surface area contributed by atoms with E-state index >= 15 is 0 Å². The van der Waals surface area contributed by atoms with E-state index in [2.05, 4.69) is 52.7 Å². The fourth-order valence-corrected chi connectivity index (χ4v) is 4.54. The predicted octanol–water partition coefficient (Wildman–Crippen LogP) is 7.47.